The molecule has 0 aromatic heterocycles. The van der Waals surface area contributed by atoms with Gasteiger partial charge >= 0.3 is 0 Å². The number of rotatable bonds is 2. The van der Waals surface area contributed by atoms with E-state index in [-0.39, 0.29) is 6.04 Å². The fourth-order valence-corrected chi connectivity index (χ4v) is 2.46. The monoisotopic (exact) mass is 278 g/mol. The lowest BCUT2D eigenvalue weighted by molar-refractivity contribution is -0.111. The van der Waals surface area contributed by atoms with Gasteiger partial charge in [-0.1, -0.05) is 15.9 Å². The number of carbonyl (C=O) groups excluding carboxylic acids is 1. The lowest BCUT2D eigenvalue weighted by Gasteiger charge is -2.30. The summed E-state index contributed by atoms with van der Waals surface area (Å²) in [5, 5.41) is 0. The molecular weight excluding hydrogens is 268 g/mol. The van der Waals surface area contributed by atoms with Crippen LogP contribution < -0.4 is 0 Å². The maximum atomic E-state index is 11.3. The van der Waals surface area contributed by atoms with E-state index < -0.39 is 0 Å². The molecular formula is C12H11BrN2O. The van der Waals surface area contributed by atoms with Gasteiger partial charge in [0.2, 0.25) is 0 Å². The Bertz CT molecular complexity index is 468. The third-order valence-electron chi connectivity index (χ3n) is 3.06. The minimum atomic E-state index is -0.169. The van der Waals surface area contributed by atoms with Gasteiger partial charge in [-0.15, -0.1) is 0 Å². The third kappa shape index (κ3) is 1.57. The third-order valence-corrected chi connectivity index (χ3v) is 3.55. The summed E-state index contributed by atoms with van der Waals surface area (Å²) in [7, 11) is 0. The fraction of sp³-hybridized carbons (Fsp3) is 0.333. The molecule has 4 heteroatoms. The molecule has 1 saturated carbocycles. The molecule has 0 N–H and O–H groups in total. The zero-order valence-electron chi connectivity index (χ0n) is 8.64. The van der Waals surface area contributed by atoms with Gasteiger partial charge in [-0.2, -0.15) is 0 Å². The summed E-state index contributed by atoms with van der Waals surface area (Å²) in [6.45, 7) is 0. The molecule has 16 heavy (non-hydrogen) atoms. The predicted molar refractivity (Wildman–Crippen MR) is 66.0 cm³/mol. The zero-order valence-corrected chi connectivity index (χ0v) is 10.2. The van der Waals surface area contributed by atoms with Crippen molar-refractivity contribution in [2.75, 3.05) is 0 Å². The standard InChI is InChI=1S/C12H11BrN2O/c13-8-1-4-11-10(5-8)12(6-16)15(7-14-11)9-2-3-9/h1,4-7,9,12H,2-3H2. The molecule has 2 aliphatic rings. The maximum absolute atomic E-state index is 11.3. The van der Waals surface area contributed by atoms with E-state index in [0.29, 0.717) is 6.04 Å². The molecule has 1 aromatic rings. The van der Waals surface area contributed by atoms with Crippen molar-refractivity contribution in [1.82, 2.24) is 4.90 Å². The molecule has 1 atom stereocenters. The fourth-order valence-electron chi connectivity index (χ4n) is 2.08. The largest absolute Gasteiger partial charge is 0.346 e. The molecule has 1 fully saturated rings. The van der Waals surface area contributed by atoms with Crippen LogP contribution in [0.25, 0.3) is 0 Å². The first-order valence-electron chi connectivity index (χ1n) is 5.36. The number of halogens is 1. The van der Waals surface area contributed by atoms with Crippen LogP contribution in [-0.2, 0) is 4.79 Å². The second kappa shape index (κ2) is 3.70. The lowest BCUT2D eigenvalue weighted by Crippen LogP contribution is -2.32. The number of carbonyl (C=O) groups is 1. The van der Waals surface area contributed by atoms with Crippen molar-refractivity contribution in [1.29, 1.82) is 0 Å². The highest BCUT2D eigenvalue weighted by Gasteiger charge is 2.35. The Balaban J connectivity index is 2.06. The van der Waals surface area contributed by atoms with E-state index in [1.807, 2.05) is 24.5 Å². The van der Waals surface area contributed by atoms with Crippen LogP contribution >= 0.6 is 15.9 Å². The Morgan fingerprint density at radius 2 is 2.25 bits per heavy atom. The summed E-state index contributed by atoms with van der Waals surface area (Å²) in [5.74, 6) is 0. The summed E-state index contributed by atoms with van der Waals surface area (Å²) < 4.78 is 0.992. The van der Waals surface area contributed by atoms with Crippen molar-refractivity contribution in [3.63, 3.8) is 0 Å². The Morgan fingerprint density at radius 1 is 1.44 bits per heavy atom. The van der Waals surface area contributed by atoms with Crippen LogP contribution in [0.1, 0.15) is 24.4 Å². The van der Waals surface area contributed by atoms with Crippen LogP contribution in [-0.4, -0.2) is 23.6 Å². The minimum absolute atomic E-state index is 0.169. The molecule has 0 radical (unpaired) electrons. The summed E-state index contributed by atoms with van der Waals surface area (Å²) in [5.41, 5.74) is 1.90. The quantitative estimate of drug-likeness (QED) is 0.780. The molecule has 1 unspecified atom stereocenters. The van der Waals surface area contributed by atoms with Crippen molar-refractivity contribution < 1.29 is 4.79 Å². The molecule has 1 aliphatic carbocycles. The Labute approximate surface area is 102 Å². The van der Waals surface area contributed by atoms with Crippen molar-refractivity contribution in [3.8, 4) is 0 Å². The predicted octanol–water partition coefficient (Wildman–Crippen LogP) is 2.83. The van der Waals surface area contributed by atoms with E-state index >= 15 is 0 Å². The highest BCUT2D eigenvalue weighted by atomic mass is 79.9. The van der Waals surface area contributed by atoms with Crippen molar-refractivity contribution in [2.24, 2.45) is 4.99 Å². The number of nitrogens with zero attached hydrogens (tertiary/aromatic N) is 2. The van der Waals surface area contributed by atoms with Crippen LogP contribution in [0.15, 0.2) is 27.7 Å². The molecule has 3 rings (SSSR count). The van der Waals surface area contributed by atoms with Gasteiger partial charge < -0.3 is 9.69 Å². The summed E-state index contributed by atoms with van der Waals surface area (Å²) in [6, 6.07) is 6.21. The Hall–Kier alpha value is -1.16. The van der Waals surface area contributed by atoms with E-state index in [1.165, 1.54) is 12.8 Å². The lowest BCUT2D eigenvalue weighted by atomic mass is 10.0. The number of aliphatic imine (C=N–C) groups is 1. The molecule has 0 saturated heterocycles. The van der Waals surface area contributed by atoms with E-state index in [9.17, 15) is 4.79 Å². The first-order chi connectivity index (χ1) is 7.79. The van der Waals surface area contributed by atoms with Crippen LogP contribution in [0, 0.1) is 0 Å². The first kappa shape index (κ1) is 10.0. The number of fused-ring (bicyclic) bond motifs is 1. The molecule has 0 amide bonds. The molecule has 0 bridgehead atoms. The van der Waals surface area contributed by atoms with E-state index in [0.717, 1.165) is 22.0 Å². The Kier molecular flexibility index (Phi) is 2.32. The molecule has 1 aliphatic heterocycles. The van der Waals surface area contributed by atoms with Crippen molar-refractivity contribution in [2.45, 2.75) is 24.9 Å². The van der Waals surface area contributed by atoms with Crippen LogP contribution in [0.5, 0.6) is 0 Å². The van der Waals surface area contributed by atoms with E-state index in [4.69, 9.17) is 0 Å². The van der Waals surface area contributed by atoms with Gasteiger partial charge in [-0.25, -0.2) is 4.99 Å². The number of aldehydes is 1. The normalized spacial score (nSPS) is 23.1. The van der Waals surface area contributed by atoms with Crippen molar-refractivity contribution in [3.05, 3.63) is 28.2 Å². The SMILES string of the molecule is O=CC1c2cc(Br)ccc2N=CN1C1CC1. The van der Waals surface area contributed by atoms with Crippen molar-refractivity contribution >= 4 is 34.2 Å². The van der Waals surface area contributed by atoms with Gasteiger partial charge in [0.25, 0.3) is 0 Å². The molecule has 0 spiro atoms. The topological polar surface area (TPSA) is 32.7 Å². The van der Waals surface area contributed by atoms with Crippen LogP contribution in [0.4, 0.5) is 5.69 Å². The molecule has 1 heterocycles. The maximum Gasteiger partial charge on any atom is 0.147 e. The van der Waals surface area contributed by atoms with Gasteiger partial charge in [-0.3, -0.25) is 0 Å². The minimum Gasteiger partial charge on any atom is -0.346 e. The second-order valence-corrected chi connectivity index (χ2v) is 5.12. The van der Waals surface area contributed by atoms with Gasteiger partial charge in [0, 0.05) is 16.1 Å². The second-order valence-electron chi connectivity index (χ2n) is 4.21. The molecule has 3 nitrogen and oxygen atoms in total. The Morgan fingerprint density at radius 3 is 2.94 bits per heavy atom. The van der Waals surface area contributed by atoms with Gasteiger partial charge in [-0.05, 0) is 31.0 Å². The zero-order chi connectivity index (χ0) is 11.1. The van der Waals surface area contributed by atoms with Crippen LogP contribution in [0.3, 0.4) is 0 Å². The molecule has 82 valence electrons. The van der Waals surface area contributed by atoms with Gasteiger partial charge in [0.1, 0.15) is 12.3 Å². The van der Waals surface area contributed by atoms with Gasteiger partial charge in [0.05, 0.1) is 12.0 Å². The number of hydrogen-bond acceptors (Lipinski definition) is 3. The molecule has 1 aromatic carbocycles. The van der Waals surface area contributed by atoms with Gasteiger partial charge in [0.15, 0.2) is 0 Å². The first-order valence-corrected chi connectivity index (χ1v) is 6.15. The summed E-state index contributed by atoms with van der Waals surface area (Å²) in [6.07, 6.45) is 5.15. The highest BCUT2D eigenvalue weighted by Crippen LogP contribution is 2.39. The highest BCUT2D eigenvalue weighted by molar-refractivity contribution is 9.10. The average Bonchev–Trinajstić information content (AvgIpc) is 3.11. The number of hydrogen-bond donors (Lipinski definition) is 0. The van der Waals surface area contributed by atoms with Crippen LogP contribution in [0.2, 0.25) is 0 Å². The number of benzene rings is 1. The average molecular weight is 279 g/mol. The summed E-state index contributed by atoms with van der Waals surface area (Å²) in [4.78, 5) is 17.7. The smallest absolute Gasteiger partial charge is 0.147 e. The van der Waals surface area contributed by atoms with E-state index in [1.54, 1.807) is 0 Å². The summed E-state index contributed by atoms with van der Waals surface area (Å²) >= 11 is 3.43. The van der Waals surface area contributed by atoms with E-state index in [2.05, 4.69) is 25.8 Å².